The quantitative estimate of drug-likeness (QED) is 0.494. The van der Waals surface area contributed by atoms with E-state index in [-0.39, 0.29) is 6.04 Å². The van der Waals surface area contributed by atoms with Crippen LogP contribution in [0.5, 0.6) is 0 Å². The van der Waals surface area contributed by atoms with Crippen LogP contribution in [0.2, 0.25) is 0 Å². The van der Waals surface area contributed by atoms with Crippen LogP contribution in [0.3, 0.4) is 0 Å². The van der Waals surface area contributed by atoms with E-state index in [0.717, 1.165) is 12.1 Å². The van der Waals surface area contributed by atoms with Crippen LogP contribution in [0, 0.1) is 0 Å². The van der Waals surface area contributed by atoms with Crippen molar-refractivity contribution in [3.63, 3.8) is 0 Å². The minimum absolute atomic E-state index is 0.148. The summed E-state index contributed by atoms with van der Waals surface area (Å²) in [5.41, 5.74) is 13.3. The summed E-state index contributed by atoms with van der Waals surface area (Å²) in [6.45, 7) is 2.02. The molecule has 50 valence electrons. The second-order valence-electron chi connectivity index (χ2n) is 2.46. The molecule has 0 heterocycles. The molecule has 1 aliphatic rings. The number of rotatable bonds is 0. The van der Waals surface area contributed by atoms with Gasteiger partial charge in [0.2, 0.25) is 0 Å². The van der Waals surface area contributed by atoms with Crippen LogP contribution in [-0.4, -0.2) is 6.04 Å². The van der Waals surface area contributed by atoms with Crippen molar-refractivity contribution in [3.8, 4) is 0 Å². The van der Waals surface area contributed by atoms with Gasteiger partial charge in [-0.1, -0.05) is 11.6 Å². The lowest BCUT2D eigenvalue weighted by atomic mass is 10.00. The molecule has 9 heavy (non-hydrogen) atoms. The summed E-state index contributed by atoms with van der Waals surface area (Å²) < 4.78 is 0. The largest absolute Gasteiger partial charge is 0.402 e. The highest BCUT2D eigenvalue weighted by Crippen LogP contribution is 2.12. The van der Waals surface area contributed by atoms with E-state index in [9.17, 15) is 0 Å². The van der Waals surface area contributed by atoms with Gasteiger partial charge in [0.25, 0.3) is 0 Å². The first-order chi connectivity index (χ1) is 4.20. The first kappa shape index (κ1) is 6.36. The SMILES string of the molecule is CC1=CC=C(N)CC1N. The van der Waals surface area contributed by atoms with Gasteiger partial charge in [0.1, 0.15) is 0 Å². The Labute approximate surface area is 55.2 Å². The monoisotopic (exact) mass is 124 g/mol. The van der Waals surface area contributed by atoms with E-state index in [2.05, 4.69) is 0 Å². The zero-order valence-electron chi connectivity index (χ0n) is 5.59. The molecule has 0 bridgehead atoms. The predicted molar refractivity (Wildman–Crippen MR) is 38.6 cm³/mol. The van der Waals surface area contributed by atoms with Crippen molar-refractivity contribution in [2.24, 2.45) is 11.5 Å². The summed E-state index contributed by atoms with van der Waals surface area (Å²) in [5, 5.41) is 0. The number of hydrogen-bond donors (Lipinski definition) is 2. The summed E-state index contributed by atoms with van der Waals surface area (Å²) >= 11 is 0. The summed E-state index contributed by atoms with van der Waals surface area (Å²) in [7, 11) is 0. The topological polar surface area (TPSA) is 52.0 Å². The summed E-state index contributed by atoms with van der Waals surface area (Å²) in [5.74, 6) is 0. The summed E-state index contributed by atoms with van der Waals surface area (Å²) in [6, 6.07) is 0.148. The maximum atomic E-state index is 5.68. The molecule has 4 N–H and O–H groups in total. The van der Waals surface area contributed by atoms with E-state index in [1.54, 1.807) is 0 Å². The van der Waals surface area contributed by atoms with Gasteiger partial charge in [-0.15, -0.1) is 0 Å². The highest BCUT2D eigenvalue weighted by Gasteiger charge is 2.08. The molecule has 0 fully saturated rings. The van der Waals surface area contributed by atoms with Crippen molar-refractivity contribution >= 4 is 0 Å². The Kier molecular flexibility index (Phi) is 1.58. The number of allylic oxidation sites excluding steroid dienone is 2. The predicted octanol–water partition coefficient (Wildman–Crippen LogP) is 0.506. The van der Waals surface area contributed by atoms with Crippen molar-refractivity contribution in [2.45, 2.75) is 19.4 Å². The molecule has 0 amide bonds. The second-order valence-corrected chi connectivity index (χ2v) is 2.46. The molecule has 0 aromatic rings. The fourth-order valence-electron chi connectivity index (χ4n) is 0.845. The van der Waals surface area contributed by atoms with Crippen LogP contribution in [0.15, 0.2) is 23.4 Å². The molecule has 0 radical (unpaired) electrons. The standard InChI is InChI=1S/C7H12N2/c1-5-2-3-6(8)4-7(5)9/h2-3,7H,4,8-9H2,1H3. The van der Waals surface area contributed by atoms with Gasteiger partial charge in [0, 0.05) is 18.2 Å². The zero-order chi connectivity index (χ0) is 6.85. The van der Waals surface area contributed by atoms with Crippen LogP contribution in [0.1, 0.15) is 13.3 Å². The average molecular weight is 124 g/mol. The Morgan fingerprint density at radius 3 is 2.67 bits per heavy atom. The Bertz CT molecular complexity index is 168. The van der Waals surface area contributed by atoms with Crippen molar-refractivity contribution in [3.05, 3.63) is 23.4 Å². The van der Waals surface area contributed by atoms with Crippen LogP contribution in [0.4, 0.5) is 0 Å². The molecule has 1 atom stereocenters. The zero-order valence-corrected chi connectivity index (χ0v) is 5.59. The molecule has 0 aromatic heterocycles. The fraction of sp³-hybridized carbons (Fsp3) is 0.429. The minimum Gasteiger partial charge on any atom is -0.402 e. The first-order valence-corrected chi connectivity index (χ1v) is 3.08. The van der Waals surface area contributed by atoms with Crippen molar-refractivity contribution < 1.29 is 0 Å². The molecular weight excluding hydrogens is 112 g/mol. The highest BCUT2D eigenvalue weighted by atomic mass is 14.7. The molecule has 1 aliphatic carbocycles. The molecule has 1 rings (SSSR count). The molecule has 0 aromatic carbocycles. The van der Waals surface area contributed by atoms with E-state index < -0.39 is 0 Å². The molecular formula is C7H12N2. The molecule has 1 unspecified atom stereocenters. The van der Waals surface area contributed by atoms with Crippen LogP contribution in [0.25, 0.3) is 0 Å². The van der Waals surface area contributed by atoms with Crippen LogP contribution >= 0.6 is 0 Å². The normalized spacial score (nSPS) is 27.1. The summed E-state index contributed by atoms with van der Waals surface area (Å²) in [6.07, 6.45) is 4.70. The lowest BCUT2D eigenvalue weighted by molar-refractivity contribution is 0.739. The Morgan fingerprint density at radius 1 is 1.56 bits per heavy atom. The highest BCUT2D eigenvalue weighted by molar-refractivity contribution is 5.25. The molecule has 0 saturated heterocycles. The maximum Gasteiger partial charge on any atom is 0.0309 e. The van der Waals surface area contributed by atoms with Gasteiger partial charge in [-0.2, -0.15) is 0 Å². The lowest BCUT2D eigenvalue weighted by Gasteiger charge is -2.15. The third-order valence-electron chi connectivity index (χ3n) is 1.60. The molecule has 0 aliphatic heterocycles. The van der Waals surface area contributed by atoms with Gasteiger partial charge in [-0.05, 0) is 13.0 Å². The molecule has 0 spiro atoms. The van der Waals surface area contributed by atoms with Gasteiger partial charge < -0.3 is 11.5 Å². The lowest BCUT2D eigenvalue weighted by Crippen LogP contribution is -2.25. The Morgan fingerprint density at radius 2 is 2.22 bits per heavy atom. The van der Waals surface area contributed by atoms with Crippen LogP contribution < -0.4 is 11.5 Å². The van der Waals surface area contributed by atoms with Gasteiger partial charge in [0.15, 0.2) is 0 Å². The number of hydrogen-bond acceptors (Lipinski definition) is 2. The molecule has 2 heteroatoms. The molecule has 0 saturated carbocycles. The minimum atomic E-state index is 0.148. The second kappa shape index (κ2) is 2.23. The van der Waals surface area contributed by atoms with E-state index in [0.29, 0.717) is 0 Å². The van der Waals surface area contributed by atoms with Crippen LogP contribution in [-0.2, 0) is 0 Å². The Balaban J connectivity index is 2.74. The number of nitrogens with two attached hydrogens (primary N) is 2. The fourth-order valence-corrected chi connectivity index (χ4v) is 0.845. The smallest absolute Gasteiger partial charge is 0.0309 e. The third-order valence-corrected chi connectivity index (χ3v) is 1.60. The van der Waals surface area contributed by atoms with Crippen molar-refractivity contribution in [1.82, 2.24) is 0 Å². The van der Waals surface area contributed by atoms with Crippen molar-refractivity contribution in [1.29, 1.82) is 0 Å². The molecule has 2 nitrogen and oxygen atoms in total. The van der Waals surface area contributed by atoms with E-state index in [1.807, 2.05) is 19.1 Å². The van der Waals surface area contributed by atoms with Gasteiger partial charge in [0.05, 0.1) is 0 Å². The Hall–Kier alpha value is -0.760. The maximum absolute atomic E-state index is 5.68. The summed E-state index contributed by atoms with van der Waals surface area (Å²) in [4.78, 5) is 0. The van der Waals surface area contributed by atoms with E-state index >= 15 is 0 Å². The van der Waals surface area contributed by atoms with E-state index in [4.69, 9.17) is 11.5 Å². The van der Waals surface area contributed by atoms with Crippen molar-refractivity contribution in [2.75, 3.05) is 0 Å². The van der Waals surface area contributed by atoms with Gasteiger partial charge in [-0.25, -0.2) is 0 Å². The first-order valence-electron chi connectivity index (χ1n) is 3.08. The van der Waals surface area contributed by atoms with Gasteiger partial charge in [-0.3, -0.25) is 0 Å². The van der Waals surface area contributed by atoms with Gasteiger partial charge >= 0.3 is 0 Å². The third kappa shape index (κ3) is 1.33. The van der Waals surface area contributed by atoms with E-state index in [1.165, 1.54) is 5.57 Å². The average Bonchev–Trinajstić information content (AvgIpc) is 1.80.